The summed E-state index contributed by atoms with van der Waals surface area (Å²) in [5, 5.41) is 4.63. The molecule has 2 N–H and O–H groups in total. The maximum Gasteiger partial charge on any atom is 0.177 e. The molecule has 0 saturated carbocycles. The predicted octanol–water partition coefficient (Wildman–Crippen LogP) is 3.22. The fourth-order valence-electron chi connectivity index (χ4n) is 1.80. The molecule has 17 heavy (non-hydrogen) atoms. The van der Waals surface area contributed by atoms with Gasteiger partial charge in [-0.25, -0.2) is 4.39 Å². The molecule has 0 radical (unpaired) electrons. The zero-order chi connectivity index (χ0) is 11.8. The van der Waals surface area contributed by atoms with Gasteiger partial charge in [-0.3, -0.25) is 0 Å². The van der Waals surface area contributed by atoms with Gasteiger partial charge in [0.25, 0.3) is 0 Å². The molecule has 0 saturated heterocycles. The van der Waals surface area contributed by atoms with E-state index in [-0.39, 0.29) is 5.82 Å². The quantitative estimate of drug-likeness (QED) is 0.650. The first-order valence-corrected chi connectivity index (χ1v) is 5.15. The largest absolute Gasteiger partial charge is 0.399 e. The van der Waals surface area contributed by atoms with E-state index >= 15 is 0 Å². The fraction of sp³-hybridized carbons (Fsp3) is 0. The summed E-state index contributed by atoms with van der Waals surface area (Å²) >= 11 is 0. The lowest BCUT2D eigenvalue weighted by Gasteiger charge is -1.98. The number of nitrogens with zero attached hydrogens (tertiary/aromatic N) is 1. The summed E-state index contributed by atoms with van der Waals surface area (Å²) in [6.45, 7) is 0. The molecule has 3 rings (SSSR count). The van der Waals surface area contributed by atoms with E-state index in [0.717, 1.165) is 5.39 Å². The van der Waals surface area contributed by atoms with E-state index < -0.39 is 0 Å². The van der Waals surface area contributed by atoms with E-state index in [0.29, 0.717) is 22.5 Å². The van der Waals surface area contributed by atoms with E-state index in [1.165, 1.54) is 6.07 Å². The standard InChI is InChI=1S/C13H9FN2O/c14-11-4-2-1-3-9(11)13-10-6-5-8(15)7-12(10)16-17-13/h1-7H,15H2. The van der Waals surface area contributed by atoms with Crippen molar-refractivity contribution in [1.82, 2.24) is 5.16 Å². The molecule has 3 aromatic rings. The van der Waals surface area contributed by atoms with Gasteiger partial charge in [0.1, 0.15) is 11.3 Å². The highest BCUT2D eigenvalue weighted by atomic mass is 19.1. The maximum atomic E-state index is 13.6. The molecule has 4 heteroatoms. The zero-order valence-corrected chi connectivity index (χ0v) is 8.85. The number of aromatic nitrogens is 1. The molecule has 0 bridgehead atoms. The van der Waals surface area contributed by atoms with Crippen LogP contribution < -0.4 is 5.73 Å². The molecule has 0 amide bonds. The third-order valence-corrected chi connectivity index (χ3v) is 2.62. The van der Waals surface area contributed by atoms with Crippen LogP contribution in [0.1, 0.15) is 0 Å². The van der Waals surface area contributed by atoms with Gasteiger partial charge < -0.3 is 10.3 Å². The summed E-state index contributed by atoms with van der Waals surface area (Å²) in [5.41, 5.74) is 7.28. The van der Waals surface area contributed by atoms with Crippen LogP contribution in [0.3, 0.4) is 0 Å². The summed E-state index contributed by atoms with van der Waals surface area (Å²) in [6.07, 6.45) is 0. The predicted molar refractivity (Wildman–Crippen MR) is 63.8 cm³/mol. The van der Waals surface area contributed by atoms with Crippen molar-refractivity contribution in [2.24, 2.45) is 0 Å². The molecule has 0 aliphatic carbocycles. The second kappa shape index (κ2) is 3.59. The second-order valence-corrected chi connectivity index (χ2v) is 3.77. The van der Waals surface area contributed by atoms with Crippen molar-refractivity contribution in [2.45, 2.75) is 0 Å². The molecule has 3 nitrogen and oxygen atoms in total. The molecule has 1 aromatic heterocycles. The van der Waals surface area contributed by atoms with Gasteiger partial charge in [0.2, 0.25) is 0 Å². The van der Waals surface area contributed by atoms with Crippen molar-refractivity contribution in [2.75, 3.05) is 5.73 Å². The highest BCUT2D eigenvalue weighted by molar-refractivity contribution is 5.93. The Morgan fingerprint density at radius 1 is 1.12 bits per heavy atom. The van der Waals surface area contributed by atoms with Gasteiger partial charge in [-0.2, -0.15) is 0 Å². The molecule has 1 heterocycles. The Bertz CT molecular complexity index is 691. The molecule has 0 unspecified atom stereocenters. The Hall–Kier alpha value is -2.36. The van der Waals surface area contributed by atoms with Crippen LogP contribution in [-0.4, -0.2) is 5.16 Å². The molecule has 84 valence electrons. The number of nitrogens with two attached hydrogens (primary N) is 1. The van der Waals surface area contributed by atoms with E-state index in [4.69, 9.17) is 10.3 Å². The van der Waals surface area contributed by atoms with Crippen LogP contribution in [-0.2, 0) is 0 Å². The number of fused-ring (bicyclic) bond motifs is 1. The molecule has 0 spiro atoms. The summed E-state index contributed by atoms with van der Waals surface area (Å²) in [5.74, 6) is 0.0977. The first kappa shape index (κ1) is 9.84. The van der Waals surface area contributed by atoms with E-state index in [2.05, 4.69) is 5.16 Å². The average molecular weight is 228 g/mol. The number of hydrogen-bond donors (Lipinski definition) is 1. The fourth-order valence-corrected chi connectivity index (χ4v) is 1.80. The number of halogens is 1. The zero-order valence-electron chi connectivity index (χ0n) is 8.85. The molecular weight excluding hydrogens is 219 g/mol. The number of anilines is 1. The first-order chi connectivity index (χ1) is 8.25. The summed E-state index contributed by atoms with van der Waals surface area (Å²) in [4.78, 5) is 0. The lowest BCUT2D eigenvalue weighted by atomic mass is 10.1. The monoisotopic (exact) mass is 228 g/mol. The first-order valence-electron chi connectivity index (χ1n) is 5.15. The lowest BCUT2D eigenvalue weighted by Crippen LogP contribution is -1.84. The SMILES string of the molecule is Nc1ccc2c(-c3ccccc3F)onc2c1. The molecule has 0 atom stereocenters. The molecular formula is C13H9FN2O. The van der Waals surface area contributed by atoms with Crippen LogP contribution >= 0.6 is 0 Å². The lowest BCUT2D eigenvalue weighted by molar-refractivity contribution is 0.438. The number of benzene rings is 2. The van der Waals surface area contributed by atoms with Crippen molar-refractivity contribution in [3.05, 3.63) is 48.3 Å². The van der Waals surface area contributed by atoms with Crippen molar-refractivity contribution in [3.8, 4) is 11.3 Å². The molecule has 0 aliphatic rings. The van der Waals surface area contributed by atoms with E-state index in [1.54, 1.807) is 36.4 Å². The van der Waals surface area contributed by atoms with Crippen LogP contribution in [0, 0.1) is 5.82 Å². The summed E-state index contributed by atoms with van der Waals surface area (Å²) in [6, 6.07) is 11.7. The van der Waals surface area contributed by atoms with E-state index in [9.17, 15) is 4.39 Å². The minimum atomic E-state index is -0.331. The van der Waals surface area contributed by atoms with Gasteiger partial charge in [0, 0.05) is 11.1 Å². The maximum absolute atomic E-state index is 13.6. The van der Waals surface area contributed by atoms with Crippen LogP contribution in [0.4, 0.5) is 10.1 Å². The van der Waals surface area contributed by atoms with Gasteiger partial charge in [-0.15, -0.1) is 0 Å². The van der Waals surface area contributed by atoms with Crippen LogP contribution in [0.5, 0.6) is 0 Å². The van der Waals surface area contributed by atoms with Crippen molar-refractivity contribution in [3.63, 3.8) is 0 Å². The van der Waals surface area contributed by atoms with Gasteiger partial charge >= 0.3 is 0 Å². The Morgan fingerprint density at radius 3 is 2.76 bits per heavy atom. The highest BCUT2D eigenvalue weighted by Crippen LogP contribution is 2.31. The average Bonchev–Trinajstić information content (AvgIpc) is 2.72. The third kappa shape index (κ3) is 1.54. The number of nitrogen functional groups attached to an aromatic ring is 1. The van der Waals surface area contributed by atoms with Crippen LogP contribution in [0.15, 0.2) is 47.0 Å². The van der Waals surface area contributed by atoms with Crippen LogP contribution in [0.2, 0.25) is 0 Å². The summed E-state index contributed by atoms with van der Waals surface area (Å²) in [7, 11) is 0. The van der Waals surface area contributed by atoms with E-state index in [1.807, 2.05) is 0 Å². The van der Waals surface area contributed by atoms with Crippen LogP contribution in [0.25, 0.3) is 22.2 Å². The summed E-state index contributed by atoms with van der Waals surface area (Å²) < 4.78 is 18.8. The van der Waals surface area contributed by atoms with Gasteiger partial charge in [-0.05, 0) is 30.3 Å². The second-order valence-electron chi connectivity index (χ2n) is 3.77. The minimum absolute atomic E-state index is 0.331. The van der Waals surface area contributed by atoms with Gasteiger partial charge in [-0.1, -0.05) is 17.3 Å². The normalized spacial score (nSPS) is 10.9. The van der Waals surface area contributed by atoms with Crippen molar-refractivity contribution in [1.29, 1.82) is 0 Å². The smallest absolute Gasteiger partial charge is 0.177 e. The Kier molecular flexibility index (Phi) is 2.08. The molecule has 0 fully saturated rings. The third-order valence-electron chi connectivity index (χ3n) is 2.62. The van der Waals surface area contributed by atoms with Crippen molar-refractivity contribution < 1.29 is 8.91 Å². The Balaban J connectivity index is 2.29. The highest BCUT2D eigenvalue weighted by Gasteiger charge is 2.13. The van der Waals surface area contributed by atoms with Gasteiger partial charge in [0.15, 0.2) is 5.76 Å². The number of rotatable bonds is 1. The molecule has 0 aliphatic heterocycles. The topological polar surface area (TPSA) is 52.0 Å². The Morgan fingerprint density at radius 2 is 1.94 bits per heavy atom. The van der Waals surface area contributed by atoms with Crippen molar-refractivity contribution >= 4 is 16.6 Å². The van der Waals surface area contributed by atoms with Gasteiger partial charge in [0.05, 0.1) is 5.56 Å². The minimum Gasteiger partial charge on any atom is -0.399 e. The Labute approximate surface area is 96.6 Å². The number of hydrogen-bond acceptors (Lipinski definition) is 3. The molecule has 2 aromatic carbocycles.